The Morgan fingerprint density at radius 1 is 1.10 bits per heavy atom. The Labute approximate surface area is 183 Å². The lowest BCUT2D eigenvalue weighted by atomic mass is 10.1. The van der Waals surface area contributed by atoms with E-state index in [0.29, 0.717) is 13.1 Å². The SMILES string of the molecule is CCN(CC)S(=O)(=O)c1cc(C(=O)Nc2ccccc2CN2CCCC2)ccc1Cl. The van der Waals surface area contributed by atoms with Crippen LogP contribution in [0, 0.1) is 0 Å². The summed E-state index contributed by atoms with van der Waals surface area (Å²) in [5.74, 6) is -0.364. The van der Waals surface area contributed by atoms with E-state index < -0.39 is 10.0 Å². The van der Waals surface area contributed by atoms with E-state index in [0.717, 1.165) is 30.9 Å². The Bertz CT molecular complexity index is 1000. The number of likely N-dealkylation sites (tertiary alicyclic amines) is 1. The number of rotatable bonds is 8. The first-order chi connectivity index (χ1) is 14.4. The lowest BCUT2D eigenvalue weighted by Crippen LogP contribution is -2.31. The fourth-order valence-corrected chi connectivity index (χ4v) is 5.66. The zero-order valence-corrected chi connectivity index (χ0v) is 19.0. The molecule has 0 aromatic heterocycles. The van der Waals surface area contributed by atoms with Gasteiger partial charge in [-0.25, -0.2) is 8.42 Å². The maximum Gasteiger partial charge on any atom is 0.255 e. The topological polar surface area (TPSA) is 69.7 Å². The van der Waals surface area contributed by atoms with Crippen molar-refractivity contribution in [1.82, 2.24) is 9.21 Å². The highest BCUT2D eigenvalue weighted by Gasteiger charge is 2.26. The van der Waals surface area contributed by atoms with Crippen molar-refractivity contribution in [3.63, 3.8) is 0 Å². The molecule has 1 fully saturated rings. The van der Waals surface area contributed by atoms with Gasteiger partial charge in [0.25, 0.3) is 5.91 Å². The second-order valence-corrected chi connectivity index (χ2v) is 9.64. The fraction of sp³-hybridized carbons (Fsp3) is 0.409. The minimum absolute atomic E-state index is 0.0501. The maximum absolute atomic E-state index is 12.9. The average Bonchev–Trinajstić information content (AvgIpc) is 3.23. The van der Waals surface area contributed by atoms with Gasteiger partial charge in [0.05, 0.1) is 5.02 Å². The first kappa shape index (κ1) is 22.7. The first-order valence-electron chi connectivity index (χ1n) is 10.3. The van der Waals surface area contributed by atoms with Crippen molar-refractivity contribution in [3.8, 4) is 0 Å². The predicted octanol–water partition coefficient (Wildman–Crippen LogP) is 4.22. The lowest BCUT2D eigenvalue weighted by Gasteiger charge is -2.20. The normalized spacial score (nSPS) is 14.9. The summed E-state index contributed by atoms with van der Waals surface area (Å²) in [5.41, 5.74) is 2.02. The maximum atomic E-state index is 12.9. The van der Waals surface area contributed by atoms with Crippen LogP contribution in [0.5, 0.6) is 0 Å². The molecule has 1 heterocycles. The van der Waals surface area contributed by atoms with Crippen LogP contribution in [0.15, 0.2) is 47.4 Å². The number of amides is 1. The van der Waals surface area contributed by atoms with Gasteiger partial charge in [0.1, 0.15) is 4.90 Å². The Morgan fingerprint density at radius 2 is 1.77 bits per heavy atom. The molecule has 0 saturated carbocycles. The molecule has 1 aliphatic heterocycles. The van der Waals surface area contributed by atoms with Crippen LogP contribution in [0.2, 0.25) is 5.02 Å². The van der Waals surface area contributed by atoms with E-state index in [-0.39, 0.29) is 21.4 Å². The number of sulfonamides is 1. The molecule has 0 radical (unpaired) electrons. The highest BCUT2D eigenvalue weighted by Crippen LogP contribution is 2.27. The third-order valence-electron chi connectivity index (χ3n) is 5.37. The van der Waals surface area contributed by atoms with E-state index >= 15 is 0 Å². The second kappa shape index (κ2) is 9.92. The van der Waals surface area contributed by atoms with Gasteiger partial charge in [0.15, 0.2) is 0 Å². The van der Waals surface area contributed by atoms with Gasteiger partial charge in [0, 0.05) is 30.9 Å². The molecule has 2 aromatic carbocycles. The van der Waals surface area contributed by atoms with Crippen molar-refractivity contribution >= 4 is 33.2 Å². The van der Waals surface area contributed by atoms with Crippen molar-refractivity contribution in [2.24, 2.45) is 0 Å². The fourth-order valence-electron chi connectivity index (χ4n) is 3.70. The van der Waals surface area contributed by atoms with Gasteiger partial charge < -0.3 is 5.32 Å². The first-order valence-corrected chi connectivity index (χ1v) is 12.1. The third-order valence-corrected chi connectivity index (χ3v) is 7.91. The number of carbonyl (C=O) groups is 1. The molecule has 0 spiro atoms. The number of nitrogens with zero attached hydrogens (tertiary/aromatic N) is 2. The summed E-state index contributed by atoms with van der Waals surface area (Å²) in [6, 6.07) is 12.1. The minimum Gasteiger partial charge on any atom is -0.322 e. The van der Waals surface area contributed by atoms with Crippen LogP contribution >= 0.6 is 11.6 Å². The van der Waals surface area contributed by atoms with Crippen LogP contribution in [0.3, 0.4) is 0 Å². The Kier molecular flexibility index (Phi) is 7.52. The number of anilines is 1. The van der Waals surface area contributed by atoms with Gasteiger partial charge in [-0.05, 0) is 55.8 Å². The van der Waals surface area contributed by atoms with Crippen LogP contribution in [0.25, 0.3) is 0 Å². The molecule has 6 nitrogen and oxygen atoms in total. The standard InChI is InChI=1S/C22H28ClN3O3S/c1-3-26(4-2)30(28,29)21-15-17(11-12-19(21)23)22(27)24-20-10-6-5-9-18(20)16-25-13-7-8-14-25/h5-6,9-12,15H,3-4,7-8,13-14,16H2,1-2H3,(H,24,27). The van der Waals surface area contributed by atoms with Gasteiger partial charge in [-0.15, -0.1) is 0 Å². The summed E-state index contributed by atoms with van der Waals surface area (Å²) >= 11 is 6.18. The minimum atomic E-state index is -3.77. The lowest BCUT2D eigenvalue weighted by molar-refractivity contribution is 0.102. The largest absolute Gasteiger partial charge is 0.322 e. The predicted molar refractivity (Wildman–Crippen MR) is 120 cm³/mol. The monoisotopic (exact) mass is 449 g/mol. The summed E-state index contributed by atoms with van der Waals surface area (Å²) in [4.78, 5) is 15.2. The van der Waals surface area contributed by atoms with Crippen molar-refractivity contribution in [2.45, 2.75) is 38.1 Å². The summed E-state index contributed by atoms with van der Waals surface area (Å²) in [6.45, 7) is 7.09. The second-order valence-electron chi connectivity index (χ2n) is 7.33. The number of nitrogens with one attached hydrogen (secondary N) is 1. The highest BCUT2D eigenvalue weighted by atomic mass is 35.5. The van der Waals surface area contributed by atoms with Gasteiger partial charge in [-0.1, -0.05) is 43.6 Å². The summed E-state index contributed by atoms with van der Waals surface area (Å²) < 4.78 is 27.1. The molecule has 0 bridgehead atoms. The van der Waals surface area contributed by atoms with Crippen molar-refractivity contribution in [2.75, 3.05) is 31.5 Å². The van der Waals surface area contributed by atoms with E-state index in [9.17, 15) is 13.2 Å². The molecule has 30 heavy (non-hydrogen) atoms. The van der Waals surface area contributed by atoms with Crippen LogP contribution in [-0.4, -0.2) is 49.7 Å². The number of hydrogen-bond acceptors (Lipinski definition) is 4. The van der Waals surface area contributed by atoms with Crippen LogP contribution in [0.1, 0.15) is 42.6 Å². The number of halogens is 1. The highest BCUT2D eigenvalue weighted by molar-refractivity contribution is 7.89. The molecule has 2 aromatic rings. The quantitative estimate of drug-likeness (QED) is 0.655. The Morgan fingerprint density at radius 3 is 2.43 bits per heavy atom. The average molecular weight is 450 g/mol. The van der Waals surface area contributed by atoms with Crippen LogP contribution in [-0.2, 0) is 16.6 Å². The van der Waals surface area contributed by atoms with Gasteiger partial charge in [0.2, 0.25) is 10.0 Å². The van der Waals surface area contributed by atoms with Gasteiger partial charge in [-0.2, -0.15) is 4.31 Å². The zero-order valence-electron chi connectivity index (χ0n) is 17.4. The number of para-hydroxylation sites is 1. The summed E-state index contributed by atoms with van der Waals surface area (Å²) in [6.07, 6.45) is 2.40. The van der Waals surface area contributed by atoms with E-state index in [2.05, 4.69) is 10.2 Å². The van der Waals surface area contributed by atoms with Gasteiger partial charge in [-0.3, -0.25) is 9.69 Å². The van der Waals surface area contributed by atoms with Crippen molar-refractivity contribution in [3.05, 3.63) is 58.6 Å². The van der Waals surface area contributed by atoms with Crippen LogP contribution < -0.4 is 5.32 Å². The van der Waals surface area contributed by atoms with Gasteiger partial charge >= 0.3 is 0 Å². The number of benzene rings is 2. The molecule has 1 N–H and O–H groups in total. The van der Waals surface area contributed by atoms with E-state index in [1.165, 1.54) is 29.3 Å². The van der Waals surface area contributed by atoms with Crippen molar-refractivity contribution < 1.29 is 13.2 Å². The molecular formula is C22H28ClN3O3S. The Balaban J connectivity index is 1.85. The molecule has 3 rings (SSSR count). The molecule has 0 unspecified atom stereocenters. The molecule has 0 aliphatic carbocycles. The zero-order chi connectivity index (χ0) is 21.7. The van der Waals surface area contributed by atoms with E-state index in [1.807, 2.05) is 24.3 Å². The molecule has 1 saturated heterocycles. The molecule has 0 atom stereocenters. The van der Waals surface area contributed by atoms with E-state index in [1.54, 1.807) is 19.9 Å². The van der Waals surface area contributed by atoms with Crippen LogP contribution in [0.4, 0.5) is 5.69 Å². The molecule has 1 aliphatic rings. The molecular weight excluding hydrogens is 422 g/mol. The van der Waals surface area contributed by atoms with E-state index in [4.69, 9.17) is 11.6 Å². The molecule has 162 valence electrons. The number of hydrogen-bond donors (Lipinski definition) is 1. The summed E-state index contributed by atoms with van der Waals surface area (Å²) in [7, 11) is -3.77. The van der Waals surface area contributed by atoms with Crippen molar-refractivity contribution in [1.29, 1.82) is 0 Å². The Hall–Kier alpha value is -1.93. The summed E-state index contributed by atoms with van der Waals surface area (Å²) in [5, 5.41) is 3.04. The third kappa shape index (κ3) is 5.03. The molecule has 1 amide bonds. The number of carbonyl (C=O) groups excluding carboxylic acids is 1. The smallest absolute Gasteiger partial charge is 0.255 e. The molecule has 8 heteroatoms.